The third-order valence-electron chi connectivity index (χ3n) is 6.29. The van der Waals surface area contributed by atoms with Gasteiger partial charge in [0, 0.05) is 40.3 Å². The van der Waals surface area contributed by atoms with E-state index >= 15 is 0 Å². The van der Waals surface area contributed by atoms with Crippen LogP contribution < -0.4 is 16.6 Å². The summed E-state index contributed by atoms with van der Waals surface area (Å²) in [5.74, 6) is 5.12. The van der Waals surface area contributed by atoms with E-state index in [1.807, 2.05) is 36.4 Å². The highest BCUT2D eigenvalue weighted by Gasteiger charge is 2.46. The Labute approximate surface area is 186 Å². The second-order valence-corrected chi connectivity index (χ2v) is 9.19. The molecule has 4 atom stereocenters. The Morgan fingerprint density at radius 2 is 1.87 bits per heavy atom. The number of halogens is 2. The fourth-order valence-corrected chi connectivity index (χ4v) is 5.06. The fourth-order valence-electron chi connectivity index (χ4n) is 4.74. The summed E-state index contributed by atoms with van der Waals surface area (Å²) in [6.07, 6.45) is 2.92. The third-order valence-corrected chi connectivity index (χ3v) is 6.78. The van der Waals surface area contributed by atoms with Gasteiger partial charge in [-0.3, -0.25) is 15.0 Å². The van der Waals surface area contributed by atoms with E-state index in [9.17, 15) is 9.59 Å². The van der Waals surface area contributed by atoms with Gasteiger partial charge in [-0.05, 0) is 60.6 Å². The summed E-state index contributed by atoms with van der Waals surface area (Å²) in [5, 5.41) is 4.62. The highest BCUT2D eigenvalue weighted by atomic mass is 35.5. The number of carbonyl (C=O) groups excluding carboxylic acids is 2. The van der Waals surface area contributed by atoms with Gasteiger partial charge in [0.25, 0.3) is 0 Å². The zero-order valence-electron chi connectivity index (χ0n) is 16.5. The zero-order valence-corrected chi connectivity index (χ0v) is 18.0. The van der Waals surface area contributed by atoms with Gasteiger partial charge in [0.15, 0.2) is 0 Å². The van der Waals surface area contributed by atoms with E-state index in [1.165, 1.54) is 5.56 Å². The van der Waals surface area contributed by atoms with E-state index in [2.05, 4.69) is 22.9 Å². The molecule has 2 amide bonds. The topological polar surface area (TPSA) is 84.2 Å². The molecular weight excluding hydrogens is 421 g/mol. The first-order chi connectivity index (χ1) is 14.5. The van der Waals surface area contributed by atoms with Crippen molar-refractivity contribution >= 4 is 35.0 Å². The van der Waals surface area contributed by atoms with E-state index in [0.717, 1.165) is 18.4 Å². The van der Waals surface area contributed by atoms with Crippen LogP contribution in [0.3, 0.4) is 0 Å². The lowest BCUT2D eigenvalue weighted by atomic mass is 9.71. The Morgan fingerprint density at radius 3 is 2.50 bits per heavy atom. The van der Waals surface area contributed by atoms with Crippen LogP contribution in [0.15, 0.2) is 48.5 Å². The first kappa shape index (κ1) is 21.2. The van der Waals surface area contributed by atoms with E-state index in [1.54, 1.807) is 0 Å². The number of benzene rings is 2. The van der Waals surface area contributed by atoms with Crippen LogP contribution in [0, 0.1) is 11.8 Å². The Bertz CT molecular complexity index is 930. The Hall–Kier alpha value is -2.08. The van der Waals surface area contributed by atoms with Crippen LogP contribution >= 0.6 is 23.2 Å². The van der Waals surface area contributed by atoms with Gasteiger partial charge in [0.1, 0.15) is 0 Å². The summed E-state index contributed by atoms with van der Waals surface area (Å²) < 4.78 is 0. The minimum atomic E-state index is -0.432. The van der Waals surface area contributed by atoms with E-state index in [0.29, 0.717) is 22.4 Å². The summed E-state index contributed by atoms with van der Waals surface area (Å²) in [7, 11) is 0. The van der Waals surface area contributed by atoms with Crippen molar-refractivity contribution in [1.82, 2.24) is 10.7 Å². The van der Waals surface area contributed by atoms with Crippen molar-refractivity contribution in [3.63, 3.8) is 0 Å². The van der Waals surface area contributed by atoms with Crippen molar-refractivity contribution in [3.05, 3.63) is 69.7 Å². The average molecular weight is 446 g/mol. The molecule has 30 heavy (non-hydrogen) atoms. The molecule has 2 aromatic rings. The zero-order chi connectivity index (χ0) is 21.3. The molecule has 1 heterocycles. The van der Waals surface area contributed by atoms with Gasteiger partial charge >= 0.3 is 0 Å². The molecule has 1 saturated carbocycles. The second kappa shape index (κ2) is 8.96. The van der Waals surface area contributed by atoms with Crippen molar-refractivity contribution < 1.29 is 9.59 Å². The minimum Gasteiger partial charge on any atom is -0.352 e. The number of nitrogens with two attached hydrogens (primary N) is 1. The van der Waals surface area contributed by atoms with Crippen LogP contribution in [-0.4, -0.2) is 17.9 Å². The lowest BCUT2D eigenvalue weighted by Gasteiger charge is -2.41. The molecular formula is C23H25Cl2N3O2. The number of piperidine rings is 1. The maximum atomic E-state index is 13.0. The van der Waals surface area contributed by atoms with Gasteiger partial charge in [-0.15, -0.1) is 0 Å². The number of hydrogen-bond acceptors (Lipinski definition) is 3. The summed E-state index contributed by atoms with van der Waals surface area (Å²) in [5.41, 5.74) is 4.39. The SMILES string of the molecule is NNC(=O)C[C@H]1C[C@H](c2cccc(Cl)c2)[C@@H](C(c2ccc(Cl)cc2)C2CC2)NC1=O. The van der Waals surface area contributed by atoms with Crippen LogP contribution in [-0.2, 0) is 9.59 Å². The molecule has 0 aromatic heterocycles. The molecule has 2 aliphatic rings. The lowest BCUT2D eigenvalue weighted by molar-refractivity contribution is -0.133. The van der Waals surface area contributed by atoms with Crippen molar-refractivity contribution in [2.75, 3.05) is 0 Å². The van der Waals surface area contributed by atoms with Crippen molar-refractivity contribution in [1.29, 1.82) is 0 Å². The molecule has 7 heteroatoms. The number of carbonyl (C=O) groups is 2. The molecule has 4 rings (SSSR count). The van der Waals surface area contributed by atoms with Crippen molar-refractivity contribution in [3.8, 4) is 0 Å². The van der Waals surface area contributed by atoms with Gasteiger partial charge < -0.3 is 5.32 Å². The fraction of sp³-hybridized carbons (Fsp3) is 0.391. The quantitative estimate of drug-likeness (QED) is 0.354. The predicted octanol–water partition coefficient (Wildman–Crippen LogP) is 4.16. The van der Waals surface area contributed by atoms with Crippen LogP contribution in [0.2, 0.25) is 10.0 Å². The normalized spacial score (nSPS) is 24.8. The Kier molecular flexibility index (Phi) is 6.32. The Balaban J connectivity index is 1.70. The molecule has 2 aromatic carbocycles. The summed E-state index contributed by atoms with van der Waals surface area (Å²) in [4.78, 5) is 24.8. The minimum absolute atomic E-state index is 0.0400. The summed E-state index contributed by atoms with van der Waals surface area (Å²) >= 11 is 12.4. The third kappa shape index (κ3) is 4.64. The van der Waals surface area contributed by atoms with Gasteiger partial charge in [-0.2, -0.15) is 0 Å². The van der Waals surface area contributed by atoms with Gasteiger partial charge in [0.05, 0.1) is 0 Å². The van der Waals surface area contributed by atoms with E-state index < -0.39 is 5.92 Å². The molecule has 1 aliphatic carbocycles. The molecule has 1 unspecified atom stereocenters. The van der Waals surface area contributed by atoms with Gasteiger partial charge in [0.2, 0.25) is 11.8 Å². The van der Waals surface area contributed by atoms with Crippen molar-refractivity contribution in [2.45, 2.75) is 43.6 Å². The van der Waals surface area contributed by atoms with E-state index in [4.69, 9.17) is 29.0 Å². The molecule has 4 N–H and O–H groups in total. The molecule has 1 saturated heterocycles. The van der Waals surface area contributed by atoms with Gasteiger partial charge in [-0.1, -0.05) is 47.5 Å². The number of hydrogen-bond donors (Lipinski definition) is 3. The standard InChI is InChI=1S/C23H25Cl2N3O2/c24-17-8-6-14(7-9-17)21(13-4-5-13)22-19(15-2-1-3-18(25)10-15)11-16(23(30)27-22)12-20(29)28-26/h1-3,6-10,13,16,19,21-22H,4-5,11-12,26H2,(H,27,30)(H,28,29)/t16-,19-,21?,22+/m1/s1. The molecule has 0 radical (unpaired) electrons. The lowest BCUT2D eigenvalue weighted by Crippen LogP contribution is -2.52. The monoisotopic (exact) mass is 445 g/mol. The molecule has 0 spiro atoms. The van der Waals surface area contributed by atoms with Crippen molar-refractivity contribution in [2.24, 2.45) is 17.7 Å². The molecule has 1 aliphatic heterocycles. The van der Waals surface area contributed by atoms with Crippen LogP contribution in [0.5, 0.6) is 0 Å². The number of hydrazine groups is 1. The second-order valence-electron chi connectivity index (χ2n) is 8.31. The highest BCUT2D eigenvalue weighted by Crippen LogP contribution is 2.50. The molecule has 2 fully saturated rings. The first-order valence-electron chi connectivity index (χ1n) is 10.3. The predicted molar refractivity (Wildman–Crippen MR) is 118 cm³/mol. The largest absolute Gasteiger partial charge is 0.352 e. The van der Waals surface area contributed by atoms with E-state index in [-0.39, 0.29) is 36.1 Å². The number of rotatable bonds is 6. The maximum absolute atomic E-state index is 13.0. The van der Waals surface area contributed by atoms with Crippen LogP contribution in [0.25, 0.3) is 0 Å². The number of nitrogens with one attached hydrogen (secondary N) is 2. The van der Waals surface area contributed by atoms with Gasteiger partial charge in [-0.25, -0.2) is 5.84 Å². The molecule has 158 valence electrons. The molecule has 0 bridgehead atoms. The van der Waals surface area contributed by atoms with Crippen LogP contribution in [0.1, 0.15) is 48.6 Å². The summed E-state index contributed by atoms with van der Waals surface area (Å²) in [6, 6.07) is 15.6. The Morgan fingerprint density at radius 1 is 1.13 bits per heavy atom. The maximum Gasteiger partial charge on any atom is 0.234 e. The number of amides is 2. The smallest absolute Gasteiger partial charge is 0.234 e. The average Bonchev–Trinajstić information content (AvgIpc) is 3.56. The highest BCUT2D eigenvalue weighted by molar-refractivity contribution is 6.30. The first-order valence-corrected chi connectivity index (χ1v) is 11.0. The summed E-state index contributed by atoms with van der Waals surface area (Å²) in [6.45, 7) is 0. The van der Waals surface area contributed by atoms with Crippen LogP contribution in [0.4, 0.5) is 0 Å². The molecule has 5 nitrogen and oxygen atoms in total.